The number of hydrogen-bond acceptors (Lipinski definition) is 2. The lowest BCUT2D eigenvalue weighted by Crippen LogP contribution is -1.97. The standard InChI is InChI=1S/C14H9Cl2IO2/c15-12-5-10(7-18)6-13(16)14(12)19-8-9-1-3-11(17)4-2-9/h1-7H,8H2. The van der Waals surface area contributed by atoms with E-state index in [1.165, 1.54) is 12.1 Å². The van der Waals surface area contributed by atoms with E-state index in [2.05, 4.69) is 22.6 Å². The van der Waals surface area contributed by atoms with Gasteiger partial charge in [-0.3, -0.25) is 4.79 Å². The Kier molecular flexibility index (Phi) is 5.07. The third-order valence-corrected chi connectivity index (χ3v) is 3.73. The molecule has 0 aliphatic heterocycles. The molecule has 2 aromatic carbocycles. The molecule has 0 amide bonds. The van der Waals surface area contributed by atoms with Gasteiger partial charge in [0, 0.05) is 9.13 Å². The molecule has 0 saturated heterocycles. The zero-order valence-electron chi connectivity index (χ0n) is 9.70. The van der Waals surface area contributed by atoms with Crippen molar-refractivity contribution >= 4 is 52.1 Å². The zero-order chi connectivity index (χ0) is 13.8. The van der Waals surface area contributed by atoms with Crippen LogP contribution in [0.2, 0.25) is 10.0 Å². The van der Waals surface area contributed by atoms with Crippen LogP contribution in [-0.2, 0) is 6.61 Å². The van der Waals surface area contributed by atoms with Gasteiger partial charge in [-0.15, -0.1) is 0 Å². The molecule has 2 aromatic rings. The Hall–Kier alpha value is -0.780. The van der Waals surface area contributed by atoms with Crippen LogP contribution >= 0.6 is 45.8 Å². The average Bonchev–Trinajstić information content (AvgIpc) is 2.39. The zero-order valence-corrected chi connectivity index (χ0v) is 13.4. The molecule has 0 aliphatic rings. The number of carbonyl (C=O) groups is 1. The maximum absolute atomic E-state index is 10.7. The summed E-state index contributed by atoms with van der Waals surface area (Å²) in [4.78, 5) is 10.7. The number of aldehydes is 1. The molecule has 98 valence electrons. The Morgan fingerprint density at radius 3 is 2.21 bits per heavy atom. The van der Waals surface area contributed by atoms with Crippen LogP contribution in [0.25, 0.3) is 0 Å². The van der Waals surface area contributed by atoms with Gasteiger partial charge in [-0.2, -0.15) is 0 Å². The second-order valence-corrected chi connectivity index (χ2v) is 5.91. The lowest BCUT2D eigenvalue weighted by molar-refractivity contribution is 0.112. The molecule has 0 N–H and O–H groups in total. The predicted octanol–water partition coefficient (Wildman–Crippen LogP) is 4.99. The van der Waals surface area contributed by atoms with Crippen molar-refractivity contribution < 1.29 is 9.53 Å². The highest BCUT2D eigenvalue weighted by molar-refractivity contribution is 14.1. The number of hydrogen-bond donors (Lipinski definition) is 0. The molecular formula is C14H9Cl2IO2. The van der Waals surface area contributed by atoms with Gasteiger partial charge in [0.2, 0.25) is 0 Å². The molecule has 0 heterocycles. The van der Waals surface area contributed by atoms with E-state index in [0.717, 1.165) is 9.13 Å². The largest absolute Gasteiger partial charge is 0.486 e. The van der Waals surface area contributed by atoms with Crippen LogP contribution in [0.4, 0.5) is 0 Å². The van der Waals surface area contributed by atoms with Gasteiger partial charge in [-0.1, -0.05) is 35.3 Å². The van der Waals surface area contributed by atoms with Crippen molar-refractivity contribution in [1.29, 1.82) is 0 Å². The quantitative estimate of drug-likeness (QED) is 0.528. The van der Waals surface area contributed by atoms with Crippen molar-refractivity contribution in [1.82, 2.24) is 0 Å². The van der Waals surface area contributed by atoms with Crippen molar-refractivity contribution in [3.63, 3.8) is 0 Å². The molecule has 2 nitrogen and oxygen atoms in total. The first-order valence-corrected chi connectivity index (χ1v) is 7.25. The summed E-state index contributed by atoms with van der Waals surface area (Å²) in [5, 5.41) is 0.667. The van der Waals surface area contributed by atoms with Crippen LogP contribution < -0.4 is 4.74 Å². The Morgan fingerprint density at radius 2 is 1.68 bits per heavy atom. The second-order valence-electron chi connectivity index (χ2n) is 3.85. The van der Waals surface area contributed by atoms with E-state index in [4.69, 9.17) is 27.9 Å². The van der Waals surface area contributed by atoms with Gasteiger partial charge >= 0.3 is 0 Å². The minimum absolute atomic E-state index is 0.333. The van der Waals surface area contributed by atoms with Crippen molar-refractivity contribution in [2.45, 2.75) is 6.61 Å². The summed E-state index contributed by atoms with van der Waals surface area (Å²) in [6, 6.07) is 11.0. The smallest absolute Gasteiger partial charge is 0.157 e. The van der Waals surface area contributed by atoms with Crippen LogP contribution in [-0.4, -0.2) is 6.29 Å². The van der Waals surface area contributed by atoms with E-state index in [1.807, 2.05) is 24.3 Å². The summed E-state index contributed by atoms with van der Waals surface area (Å²) < 4.78 is 6.77. The second kappa shape index (κ2) is 6.59. The normalized spacial score (nSPS) is 10.3. The number of ether oxygens (including phenoxy) is 1. The third kappa shape index (κ3) is 3.84. The maximum atomic E-state index is 10.7. The molecule has 5 heteroatoms. The molecule has 0 fully saturated rings. The topological polar surface area (TPSA) is 26.3 Å². The van der Waals surface area contributed by atoms with E-state index in [-0.39, 0.29) is 0 Å². The van der Waals surface area contributed by atoms with Gasteiger partial charge in [0.15, 0.2) is 5.75 Å². The Labute approximate surface area is 134 Å². The number of carbonyl (C=O) groups excluding carboxylic acids is 1. The minimum atomic E-state index is 0.333. The fourth-order valence-electron chi connectivity index (χ4n) is 1.52. The summed E-state index contributed by atoms with van der Waals surface area (Å²) in [6.45, 7) is 0.372. The number of rotatable bonds is 4. The van der Waals surface area contributed by atoms with Crippen LogP contribution in [0.3, 0.4) is 0 Å². The van der Waals surface area contributed by atoms with Gasteiger partial charge in [-0.05, 0) is 52.4 Å². The first-order valence-electron chi connectivity index (χ1n) is 5.41. The molecule has 0 atom stereocenters. The highest BCUT2D eigenvalue weighted by Gasteiger charge is 2.09. The lowest BCUT2D eigenvalue weighted by atomic mass is 10.2. The van der Waals surface area contributed by atoms with E-state index in [9.17, 15) is 4.79 Å². The summed E-state index contributed by atoms with van der Waals surface area (Å²) in [5.41, 5.74) is 1.45. The summed E-state index contributed by atoms with van der Waals surface area (Å²) >= 11 is 14.3. The fourth-order valence-corrected chi connectivity index (χ4v) is 2.49. The highest BCUT2D eigenvalue weighted by Crippen LogP contribution is 2.34. The summed E-state index contributed by atoms with van der Waals surface area (Å²) in [7, 11) is 0. The monoisotopic (exact) mass is 406 g/mol. The Bertz CT molecular complexity index is 574. The fraction of sp³-hybridized carbons (Fsp3) is 0.0714. The Morgan fingerprint density at radius 1 is 1.11 bits per heavy atom. The molecule has 0 unspecified atom stereocenters. The summed E-state index contributed by atoms with van der Waals surface area (Å²) in [6.07, 6.45) is 0.695. The molecule has 19 heavy (non-hydrogen) atoms. The van der Waals surface area contributed by atoms with Gasteiger partial charge in [-0.25, -0.2) is 0 Å². The van der Waals surface area contributed by atoms with E-state index >= 15 is 0 Å². The van der Waals surface area contributed by atoms with Crippen LogP contribution in [0.15, 0.2) is 36.4 Å². The van der Waals surface area contributed by atoms with E-state index < -0.39 is 0 Å². The molecule has 0 aliphatic carbocycles. The lowest BCUT2D eigenvalue weighted by Gasteiger charge is -2.10. The van der Waals surface area contributed by atoms with Crippen molar-refractivity contribution in [2.24, 2.45) is 0 Å². The van der Waals surface area contributed by atoms with Crippen molar-refractivity contribution in [3.05, 3.63) is 61.1 Å². The molecule has 0 spiro atoms. The van der Waals surface area contributed by atoms with Crippen LogP contribution in [0.1, 0.15) is 15.9 Å². The van der Waals surface area contributed by atoms with Crippen molar-refractivity contribution in [3.8, 4) is 5.75 Å². The first kappa shape index (κ1) is 14.6. The highest BCUT2D eigenvalue weighted by atomic mass is 127. The maximum Gasteiger partial charge on any atom is 0.157 e. The molecule has 0 saturated carbocycles. The van der Waals surface area contributed by atoms with Gasteiger partial charge < -0.3 is 4.74 Å². The molecule has 0 aromatic heterocycles. The molecule has 2 rings (SSSR count). The van der Waals surface area contributed by atoms with Crippen LogP contribution in [0.5, 0.6) is 5.75 Å². The number of halogens is 3. The van der Waals surface area contributed by atoms with Crippen LogP contribution in [0, 0.1) is 3.57 Å². The van der Waals surface area contributed by atoms with Crippen molar-refractivity contribution in [2.75, 3.05) is 0 Å². The van der Waals surface area contributed by atoms with Gasteiger partial charge in [0.05, 0.1) is 10.0 Å². The first-order chi connectivity index (χ1) is 9.10. The summed E-state index contributed by atoms with van der Waals surface area (Å²) in [5.74, 6) is 0.396. The predicted molar refractivity (Wildman–Crippen MR) is 85.3 cm³/mol. The molecule has 0 radical (unpaired) electrons. The third-order valence-electron chi connectivity index (χ3n) is 2.45. The minimum Gasteiger partial charge on any atom is -0.486 e. The van der Waals surface area contributed by atoms with E-state index in [1.54, 1.807) is 0 Å². The van der Waals surface area contributed by atoms with E-state index in [0.29, 0.717) is 34.3 Å². The average molecular weight is 407 g/mol. The SMILES string of the molecule is O=Cc1cc(Cl)c(OCc2ccc(I)cc2)c(Cl)c1. The number of benzene rings is 2. The molecular weight excluding hydrogens is 398 g/mol. The molecule has 0 bridgehead atoms. The van der Waals surface area contributed by atoms with Gasteiger partial charge in [0.1, 0.15) is 12.9 Å². The Balaban J connectivity index is 2.15. The van der Waals surface area contributed by atoms with Gasteiger partial charge in [0.25, 0.3) is 0 Å².